The molecule has 90 valence electrons. The zero-order valence-corrected chi connectivity index (χ0v) is 10.2. The summed E-state index contributed by atoms with van der Waals surface area (Å²) >= 11 is 5.91. The number of rotatable bonds is 3. The van der Waals surface area contributed by atoms with Gasteiger partial charge >= 0.3 is 0 Å². The van der Waals surface area contributed by atoms with E-state index in [2.05, 4.69) is 4.99 Å². The minimum atomic E-state index is -0.461. The standard InChI is InChI=1S/C11H12ClN3O2/c1-7(13)11(12)8(2)14-9-3-5-10(6-4-9)15(16)17/h3-6H,13H2,1-2H3. The largest absolute Gasteiger partial charge is 0.401 e. The lowest BCUT2D eigenvalue weighted by atomic mass is 10.2. The smallest absolute Gasteiger partial charge is 0.269 e. The quantitative estimate of drug-likeness (QED) is 0.510. The van der Waals surface area contributed by atoms with Crippen molar-refractivity contribution in [3.63, 3.8) is 0 Å². The monoisotopic (exact) mass is 253 g/mol. The molecule has 1 aromatic rings. The molecule has 0 saturated carbocycles. The van der Waals surface area contributed by atoms with Crippen molar-refractivity contribution in [1.29, 1.82) is 0 Å². The Balaban J connectivity index is 3.00. The number of hydrogen-bond acceptors (Lipinski definition) is 4. The number of nitrogens with two attached hydrogens (primary N) is 1. The topological polar surface area (TPSA) is 81.5 Å². The van der Waals surface area contributed by atoms with Crippen LogP contribution in [0.15, 0.2) is 40.0 Å². The maximum absolute atomic E-state index is 10.5. The van der Waals surface area contributed by atoms with E-state index in [1.807, 2.05) is 0 Å². The summed E-state index contributed by atoms with van der Waals surface area (Å²) < 4.78 is 0. The molecule has 1 rings (SSSR count). The second-order valence-electron chi connectivity index (χ2n) is 3.47. The molecular weight excluding hydrogens is 242 g/mol. The maximum Gasteiger partial charge on any atom is 0.269 e. The highest BCUT2D eigenvalue weighted by Crippen LogP contribution is 2.20. The zero-order valence-electron chi connectivity index (χ0n) is 9.48. The average molecular weight is 254 g/mol. The SMILES string of the molecule is CC(=Nc1ccc([N+](=O)[O-])cc1)C(Cl)=C(C)N. The van der Waals surface area contributed by atoms with E-state index < -0.39 is 4.92 Å². The van der Waals surface area contributed by atoms with Gasteiger partial charge in [0.2, 0.25) is 0 Å². The molecule has 2 N–H and O–H groups in total. The number of aliphatic imine (C=N–C) groups is 1. The van der Waals surface area contributed by atoms with Crippen LogP contribution in [0.4, 0.5) is 11.4 Å². The van der Waals surface area contributed by atoms with Crippen molar-refractivity contribution in [1.82, 2.24) is 0 Å². The van der Waals surface area contributed by atoms with Crippen LogP contribution in [-0.2, 0) is 0 Å². The van der Waals surface area contributed by atoms with Crippen molar-refractivity contribution in [3.05, 3.63) is 45.1 Å². The predicted octanol–water partition coefficient (Wildman–Crippen LogP) is 3.12. The fourth-order valence-electron chi connectivity index (χ4n) is 1.18. The summed E-state index contributed by atoms with van der Waals surface area (Å²) in [5.41, 5.74) is 7.20. The molecule has 0 aliphatic rings. The molecule has 0 fully saturated rings. The third-order valence-corrected chi connectivity index (χ3v) is 2.59. The Kier molecular flexibility index (Phi) is 4.23. The Morgan fingerprint density at radius 1 is 1.35 bits per heavy atom. The fourth-order valence-corrected chi connectivity index (χ4v) is 1.22. The van der Waals surface area contributed by atoms with Gasteiger partial charge < -0.3 is 5.73 Å². The summed E-state index contributed by atoms with van der Waals surface area (Å²) in [7, 11) is 0. The van der Waals surface area contributed by atoms with Crippen LogP contribution in [0.25, 0.3) is 0 Å². The van der Waals surface area contributed by atoms with Gasteiger partial charge in [0.25, 0.3) is 5.69 Å². The lowest BCUT2D eigenvalue weighted by molar-refractivity contribution is -0.384. The van der Waals surface area contributed by atoms with Crippen molar-refractivity contribution >= 4 is 28.7 Å². The zero-order chi connectivity index (χ0) is 13.0. The molecule has 0 radical (unpaired) electrons. The summed E-state index contributed by atoms with van der Waals surface area (Å²) in [5.74, 6) is 0. The molecule has 1 aromatic carbocycles. The van der Waals surface area contributed by atoms with Crippen LogP contribution >= 0.6 is 11.6 Å². The molecule has 0 amide bonds. The molecule has 0 aliphatic heterocycles. The van der Waals surface area contributed by atoms with Crippen LogP contribution in [-0.4, -0.2) is 10.6 Å². The molecule has 0 aliphatic carbocycles. The molecule has 0 atom stereocenters. The number of nitrogens with zero attached hydrogens (tertiary/aromatic N) is 2. The van der Waals surface area contributed by atoms with E-state index in [4.69, 9.17) is 17.3 Å². The van der Waals surface area contributed by atoms with Gasteiger partial charge in [0.1, 0.15) is 0 Å². The van der Waals surface area contributed by atoms with Crippen LogP contribution in [0.1, 0.15) is 13.8 Å². The lowest BCUT2D eigenvalue weighted by Gasteiger charge is -2.01. The van der Waals surface area contributed by atoms with Gasteiger partial charge in [0, 0.05) is 17.8 Å². The van der Waals surface area contributed by atoms with Crippen molar-refractivity contribution < 1.29 is 4.92 Å². The molecule has 0 saturated heterocycles. The van der Waals surface area contributed by atoms with E-state index in [-0.39, 0.29) is 5.69 Å². The van der Waals surface area contributed by atoms with Gasteiger partial charge in [-0.25, -0.2) is 0 Å². The number of benzene rings is 1. The van der Waals surface area contributed by atoms with Crippen molar-refractivity contribution in [2.45, 2.75) is 13.8 Å². The minimum absolute atomic E-state index is 0.0262. The Hall–Kier alpha value is -1.88. The number of nitro groups is 1. The molecule has 0 heterocycles. The summed E-state index contributed by atoms with van der Waals surface area (Å²) in [6, 6.07) is 5.88. The lowest BCUT2D eigenvalue weighted by Crippen LogP contribution is -2.00. The van der Waals surface area contributed by atoms with Gasteiger partial charge in [-0.15, -0.1) is 0 Å². The first-order valence-electron chi connectivity index (χ1n) is 4.83. The third-order valence-electron chi connectivity index (χ3n) is 2.02. The van der Waals surface area contributed by atoms with Gasteiger partial charge in [0.05, 0.1) is 21.4 Å². The van der Waals surface area contributed by atoms with Crippen LogP contribution in [0, 0.1) is 10.1 Å². The van der Waals surface area contributed by atoms with Crippen molar-refractivity contribution in [2.24, 2.45) is 10.7 Å². The molecule has 0 unspecified atom stereocenters. The Morgan fingerprint density at radius 2 is 1.88 bits per heavy atom. The highest BCUT2D eigenvalue weighted by atomic mass is 35.5. The molecule has 5 nitrogen and oxygen atoms in total. The van der Waals surface area contributed by atoms with E-state index in [0.717, 1.165) is 0 Å². The molecule has 0 spiro atoms. The van der Waals surface area contributed by atoms with Crippen LogP contribution in [0.2, 0.25) is 0 Å². The summed E-state index contributed by atoms with van der Waals surface area (Å²) in [6.45, 7) is 3.40. The summed E-state index contributed by atoms with van der Waals surface area (Å²) in [5, 5.41) is 10.8. The van der Waals surface area contributed by atoms with Gasteiger partial charge in [0.15, 0.2) is 0 Å². The number of allylic oxidation sites excluding steroid dienone is 2. The van der Waals surface area contributed by atoms with E-state index in [1.165, 1.54) is 12.1 Å². The second kappa shape index (κ2) is 5.45. The molecule has 0 bridgehead atoms. The van der Waals surface area contributed by atoms with Crippen molar-refractivity contribution in [3.8, 4) is 0 Å². The fraction of sp³-hybridized carbons (Fsp3) is 0.182. The first-order valence-corrected chi connectivity index (χ1v) is 5.21. The van der Waals surface area contributed by atoms with E-state index in [1.54, 1.807) is 26.0 Å². The Labute approximate surface area is 104 Å². The Bertz CT molecular complexity index is 488. The summed E-state index contributed by atoms with van der Waals surface area (Å²) in [4.78, 5) is 14.2. The minimum Gasteiger partial charge on any atom is -0.401 e. The first-order chi connectivity index (χ1) is 7.91. The van der Waals surface area contributed by atoms with Crippen LogP contribution < -0.4 is 5.73 Å². The van der Waals surface area contributed by atoms with Gasteiger partial charge in [-0.05, 0) is 26.0 Å². The molecule has 17 heavy (non-hydrogen) atoms. The number of nitro benzene ring substituents is 1. The number of hydrogen-bond donors (Lipinski definition) is 1. The van der Waals surface area contributed by atoms with Crippen molar-refractivity contribution in [2.75, 3.05) is 0 Å². The maximum atomic E-state index is 10.5. The highest BCUT2D eigenvalue weighted by molar-refractivity contribution is 6.43. The molecule has 0 aromatic heterocycles. The highest BCUT2D eigenvalue weighted by Gasteiger charge is 2.05. The van der Waals surface area contributed by atoms with Gasteiger partial charge in [-0.1, -0.05) is 11.6 Å². The normalized spacial score (nSPS) is 13.2. The van der Waals surface area contributed by atoms with Crippen LogP contribution in [0.5, 0.6) is 0 Å². The number of non-ortho nitro benzene ring substituents is 1. The molecular formula is C11H12ClN3O2. The van der Waals surface area contributed by atoms with E-state index >= 15 is 0 Å². The molecule has 6 heteroatoms. The Morgan fingerprint density at radius 3 is 2.29 bits per heavy atom. The first kappa shape index (κ1) is 13.2. The number of halogens is 1. The third kappa shape index (κ3) is 3.57. The van der Waals surface area contributed by atoms with E-state index in [9.17, 15) is 10.1 Å². The average Bonchev–Trinajstić information content (AvgIpc) is 2.28. The second-order valence-corrected chi connectivity index (χ2v) is 3.85. The van der Waals surface area contributed by atoms with E-state index in [0.29, 0.717) is 22.1 Å². The summed E-state index contributed by atoms with van der Waals surface area (Å²) in [6.07, 6.45) is 0. The van der Waals surface area contributed by atoms with Gasteiger partial charge in [-0.3, -0.25) is 15.1 Å². The predicted molar refractivity (Wildman–Crippen MR) is 68.6 cm³/mol. The van der Waals surface area contributed by atoms with Gasteiger partial charge in [-0.2, -0.15) is 0 Å². The van der Waals surface area contributed by atoms with Crippen LogP contribution in [0.3, 0.4) is 0 Å².